The molecule has 7 heteroatoms. The Kier molecular flexibility index (Phi) is 7.78. The van der Waals surface area contributed by atoms with Crippen LogP contribution in [0.4, 0.5) is 4.79 Å². The quantitative estimate of drug-likeness (QED) is 0.772. The van der Waals surface area contributed by atoms with Crippen LogP contribution in [-0.4, -0.2) is 63.7 Å². The van der Waals surface area contributed by atoms with Crippen molar-refractivity contribution in [1.82, 2.24) is 24.9 Å². The van der Waals surface area contributed by atoms with E-state index in [2.05, 4.69) is 35.9 Å². The van der Waals surface area contributed by atoms with Gasteiger partial charge in [0.25, 0.3) is 0 Å². The minimum atomic E-state index is 0.0396. The smallest absolute Gasteiger partial charge is 0.317 e. The third-order valence-corrected chi connectivity index (χ3v) is 6.51. The van der Waals surface area contributed by atoms with Crippen LogP contribution in [0, 0.1) is 19.8 Å². The van der Waals surface area contributed by atoms with Gasteiger partial charge < -0.3 is 15.1 Å². The lowest BCUT2D eigenvalue weighted by atomic mass is 9.96. The molecule has 3 rings (SSSR count). The number of piperazine rings is 1. The van der Waals surface area contributed by atoms with Crippen LogP contribution >= 0.6 is 0 Å². The normalized spacial score (nSPS) is 18.2. The summed E-state index contributed by atoms with van der Waals surface area (Å²) in [4.78, 5) is 29.0. The Labute approximate surface area is 181 Å². The van der Waals surface area contributed by atoms with Crippen LogP contribution in [0.25, 0.3) is 0 Å². The maximum Gasteiger partial charge on any atom is 0.317 e. The lowest BCUT2D eigenvalue weighted by molar-refractivity contribution is -0.132. The molecule has 1 aliphatic carbocycles. The highest BCUT2D eigenvalue weighted by molar-refractivity contribution is 5.78. The zero-order valence-electron chi connectivity index (χ0n) is 19.2. The van der Waals surface area contributed by atoms with E-state index in [1.165, 1.54) is 30.5 Å². The van der Waals surface area contributed by atoms with Crippen LogP contribution in [0.2, 0.25) is 0 Å². The highest BCUT2D eigenvalue weighted by Gasteiger charge is 2.26. The topological polar surface area (TPSA) is 70.5 Å². The molecule has 168 valence electrons. The first-order valence-corrected chi connectivity index (χ1v) is 11.7. The third kappa shape index (κ3) is 5.76. The second kappa shape index (κ2) is 10.3. The largest absolute Gasteiger partial charge is 0.339 e. The number of rotatable bonds is 6. The molecule has 0 aromatic carbocycles. The lowest BCUT2D eigenvalue weighted by Gasteiger charge is -2.36. The number of urea groups is 1. The first-order valence-electron chi connectivity index (χ1n) is 11.7. The zero-order valence-corrected chi connectivity index (χ0v) is 19.2. The first kappa shape index (κ1) is 22.6. The van der Waals surface area contributed by atoms with Crippen molar-refractivity contribution in [2.75, 3.05) is 26.2 Å². The summed E-state index contributed by atoms with van der Waals surface area (Å²) in [6.45, 7) is 11.9. The molecule has 0 radical (unpaired) electrons. The standard InChI is InChI=1S/C23H39N5O2/c1-17(2)16-28-19(4)21(18(3)25-28)10-11-22(29)26-12-14-27(15-13-26)23(30)24-20-8-6-5-7-9-20/h17,20H,5-16H2,1-4H3,(H,24,30). The molecule has 1 aliphatic heterocycles. The van der Waals surface area contributed by atoms with Crippen molar-refractivity contribution in [1.29, 1.82) is 0 Å². The van der Waals surface area contributed by atoms with Crippen molar-refractivity contribution in [3.05, 3.63) is 17.0 Å². The van der Waals surface area contributed by atoms with Crippen LogP contribution < -0.4 is 5.32 Å². The predicted octanol–water partition coefficient (Wildman–Crippen LogP) is 3.28. The average molecular weight is 418 g/mol. The second-order valence-corrected chi connectivity index (χ2v) is 9.38. The van der Waals surface area contributed by atoms with Crippen LogP contribution in [0.1, 0.15) is 69.3 Å². The fourth-order valence-corrected chi connectivity index (χ4v) is 4.68. The fraction of sp³-hybridized carbons (Fsp3) is 0.783. The molecule has 1 aromatic rings. The van der Waals surface area contributed by atoms with Gasteiger partial charge in [-0.15, -0.1) is 0 Å². The minimum absolute atomic E-state index is 0.0396. The number of nitrogens with zero attached hydrogens (tertiary/aromatic N) is 4. The minimum Gasteiger partial charge on any atom is -0.339 e. The van der Waals surface area contributed by atoms with Gasteiger partial charge in [0, 0.05) is 50.9 Å². The summed E-state index contributed by atoms with van der Waals surface area (Å²) < 4.78 is 2.07. The Bertz CT molecular complexity index is 728. The van der Waals surface area contributed by atoms with E-state index in [1.807, 2.05) is 16.7 Å². The van der Waals surface area contributed by atoms with Crippen LogP contribution in [0.3, 0.4) is 0 Å². The van der Waals surface area contributed by atoms with E-state index in [9.17, 15) is 9.59 Å². The zero-order chi connectivity index (χ0) is 21.7. The van der Waals surface area contributed by atoms with Gasteiger partial charge >= 0.3 is 6.03 Å². The van der Waals surface area contributed by atoms with Gasteiger partial charge in [-0.1, -0.05) is 33.1 Å². The highest BCUT2D eigenvalue weighted by atomic mass is 16.2. The molecule has 2 heterocycles. The van der Waals surface area contributed by atoms with E-state index < -0.39 is 0 Å². The van der Waals surface area contributed by atoms with Crippen molar-refractivity contribution in [2.45, 2.75) is 85.2 Å². The second-order valence-electron chi connectivity index (χ2n) is 9.38. The molecule has 0 unspecified atom stereocenters. The van der Waals surface area contributed by atoms with Gasteiger partial charge in [-0.3, -0.25) is 9.48 Å². The van der Waals surface area contributed by atoms with Crippen molar-refractivity contribution in [3.63, 3.8) is 0 Å². The number of nitrogens with one attached hydrogen (secondary N) is 1. The summed E-state index contributed by atoms with van der Waals surface area (Å²) >= 11 is 0. The molecule has 0 spiro atoms. The maximum absolute atomic E-state index is 12.8. The molecule has 0 bridgehead atoms. The van der Waals surface area contributed by atoms with Crippen molar-refractivity contribution in [3.8, 4) is 0 Å². The number of hydrogen-bond acceptors (Lipinski definition) is 3. The average Bonchev–Trinajstić information content (AvgIpc) is 2.99. The molecule has 30 heavy (non-hydrogen) atoms. The van der Waals surface area contributed by atoms with Gasteiger partial charge in [-0.25, -0.2) is 4.79 Å². The molecule has 7 nitrogen and oxygen atoms in total. The predicted molar refractivity (Wildman–Crippen MR) is 118 cm³/mol. The van der Waals surface area contributed by atoms with Gasteiger partial charge in [0.15, 0.2) is 0 Å². The first-order chi connectivity index (χ1) is 14.3. The summed E-state index contributed by atoms with van der Waals surface area (Å²) in [5, 5.41) is 7.84. The lowest BCUT2D eigenvalue weighted by Crippen LogP contribution is -2.54. The van der Waals surface area contributed by atoms with E-state index >= 15 is 0 Å². The van der Waals surface area contributed by atoms with Crippen molar-refractivity contribution < 1.29 is 9.59 Å². The molecule has 1 saturated carbocycles. The Hall–Kier alpha value is -2.05. The molecule has 2 fully saturated rings. The molecular weight excluding hydrogens is 378 g/mol. The SMILES string of the molecule is Cc1nn(CC(C)C)c(C)c1CCC(=O)N1CCN(C(=O)NC2CCCCC2)CC1. The monoisotopic (exact) mass is 417 g/mol. The summed E-state index contributed by atoms with van der Waals surface area (Å²) in [5.41, 5.74) is 3.41. The number of aryl methyl sites for hydroxylation is 1. The summed E-state index contributed by atoms with van der Waals surface area (Å²) in [6, 6.07) is 0.367. The van der Waals surface area contributed by atoms with Gasteiger partial charge in [0.1, 0.15) is 0 Å². The molecule has 1 N–H and O–H groups in total. The van der Waals surface area contributed by atoms with Gasteiger partial charge in [0.05, 0.1) is 5.69 Å². The van der Waals surface area contributed by atoms with Crippen molar-refractivity contribution in [2.24, 2.45) is 5.92 Å². The Balaban J connectivity index is 1.44. The number of aromatic nitrogens is 2. The summed E-state index contributed by atoms with van der Waals surface area (Å²) in [7, 11) is 0. The van der Waals surface area contributed by atoms with Gasteiger partial charge in [-0.05, 0) is 44.6 Å². The van der Waals surface area contributed by atoms with E-state index in [4.69, 9.17) is 0 Å². The molecular formula is C23H39N5O2. The van der Waals surface area contributed by atoms with Crippen LogP contribution in [-0.2, 0) is 17.8 Å². The number of carbonyl (C=O) groups is 2. The number of carbonyl (C=O) groups excluding carboxylic acids is 2. The molecule has 1 saturated heterocycles. The van der Waals surface area contributed by atoms with Crippen LogP contribution in [0.5, 0.6) is 0 Å². The van der Waals surface area contributed by atoms with E-state index in [-0.39, 0.29) is 11.9 Å². The molecule has 3 amide bonds. The van der Waals surface area contributed by atoms with E-state index in [0.717, 1.165) is 31.5 Å². The molecule has 2 aliphatic rings. The fourth-order valence-electron chi connectivity index (χ4n) is 4.68. The Morgan fingerprint density at radius 1 is 1.03 bits per heavy atom. The molecule has 0 atom stereocenters. The van der Waals surface area contributed by atoms with E-state index in [0.29, 0.717) is 44.6 Å². The van der Waals surface area contributed by atoms with Gasteiger partial charge in [0.2, 0.25) is 5.91 Å². The number of amides is 3. The third-order valence-electron chi connectivity index (χ3n) is 6.51. The summed E-state index contributed by atoms with van der Waals surface area (Å²) in [6.07, 6.45) is 7.13. The van der Waals surface area contributed by atoms with Gasteiger partial charge in [-0.2, -0.15) is 5.10 Å². The highest BCUT2D eigenvalue weighted by Crippen LogP contribution is 2.19. The Morgan fingerprint density at radius 3 is 2.30 bits per heavy atom. The number of hydrogen-bond donors (Lipinski definition) is 1. The molecule has 1 aromatic heterocycles. The maximum atomic E-state index is 12.8. The Morgan fingerprint density at radius 2 is 1.67 bits per heavy atom. The summed E-state index contributed by atoms with van der Waals surface area (Å²) in [5.74, 6) is 0.724. The van der Waals surface area contributed by atoms with Crippen molar-refractivity contribution >= 4 is 11.9 Å². The van der Waals surface area contributed by atoms with E-state index in [1.54, 1.807) is 0 Å². The van der Waals surface area contributed by atoms with Crippen LogP contribution in [0.15, 0.2) is 0 Å².